The van der Waals surface area contributed by atoms with Gasteiger partial charge in [-0.1, -0.05) is 30.3 Å². The second kappa shape index (κ2) is 9.49. The second-order valence-electron chi connectivity index (χ2n) is 6.76. The summed E-state index contributed by atoms with van der Waals surface area (Å²) in [6.45, 7) is 0.659. The maximum absolute atomic E-state index is 12.6. The molecule has 0 aliphatic rings. The average Bonchev–Trinajstić information content (AvgIpc) is 3.16. The monoisotopic (exact) mass is 402 g/mol. The first-order valence-electron chi connectivity index (χ1n) is 9.34. The third-order valence-corrected chi connectivity index (χ3v) is 4.46. The molecule has 8 nitrogen and oxygen atoms in total. The smallest absolute Gasteiger partial charge is 0.251 e. The number of hydrogen-bond acceptors (Lipinski definition) is 5. The van der Waals surface area contributed by atoms with Crippen molar-refractivity contribution in [2.24, 2.45) is 0 Å². The highest BCUT2D eigenvalue weighted by Gasteiger charge is 2.16. The van der Waals surface area contributed by atoms with Gasteiger partial charge in [0.25, 0.3) is 5.91 Å². The van der Waals surface area contributed by atoms with Crippen LogP contribution in [0, 0.1) is 11.3 Å². The molecule has 0 saturated carbocycles. The standard InChI is InChI=1S/C22H22N6O2/c1-24-22(30)17-10-8-16(9-11-17)14-27(2)15-20(29)26-21-18(12-23)13-25-28(21)19-6-4-3-5-7-19/h3-11,13H,14-15H2,1-2H3,(H,24,30)(H,26,29). The quantitative estimate of drug-likeness (QED) is 0.630. The summed E-state index contributed by atoms with van der Waals surface area (Å²) in [4.78, 5) is 26.1. The molecule has 2 N–H and O–H groups in total. The first kappa shape index (κ1) is 20.8. The second-order valence-corrected chi connectivity index (χ2v) is 6.76. The van der Waals surface area contributed by atoms with Crippen LogP contribution in [-0.2, 0) is 11.3 Å². The average molecular weight is 402 g/mol. The molecule has 152 valence electrons. The summed E-state index contributed by atoms with van der Waals surface area (Å²) in [5.74, 6) is -0.0525. The number of carbonyl (C=O) groups is 2. The van der Waals surface area contributed by atoms with Crippen molar-refractivity contribution in [2.75, 3.05) is 26.0 Å². The molecule has 30 heavy (non-hydrogen) atoms. The van der Waals surface area contributed by atoms with E-state index < -0.39 is 0 Å². The third kappa shape index (κ3) is 4.90. The Morgan fingerprint density at radius 1 is 1.13 bits per heavy atom. The van der Waals surface area contributed by atoms with E-state index in [0.717, 1.165) is 11.3 Å². The number of benzene rings is 2. The number of nitrogens with zero attached hydrogens (tertiary/aromatic N) is 4. The zero-order valence-corrected chi connectivity index (χ0v) is 16.8. The van der Waals surface area contributed by atoms with E-state index in [0.29, 0.717) is 23.5 Å². The Hall–Kier alpha value is -3.96. The van der Waals surface area contributed by atoms with Crippen molar-refractivity contribution in [1.82, 2.24) is 20.0 Å². The van der Waals surface area contributed by atoms with E-state index in [2.05, 4.69) is 21.8 Å². The van der Waals surface area contributed by atoms with Crippen LogP contribution in [0.25, 0.3) is 5.69 Å². The van der Waals surface area contributed by atoms with Gasteiger partial charge >= 0.3 is 0 Å². The number of carbonyl (C=O) groups excluding carboxylic acids is 2. The molecule has 0 aliphatic carbocycles. The fraction of sp³-hybridized carbons (Fsp3) is 0.182. The number of para-hydroxylation sites is 1. The lowest BCUT2D eigenvalue weighted by Gasteiger charge is -2.17. The van der Waals surface area contributed by atoms with E-state index in [1.54, 1.807) is 19.2 Å². The van der Waals surface area contributed by atoms with Crippen molar-refractivity contribution in [2.45, 2.75) is 6.54 Å². The molecule has 0 saturated heterocycles. The summed E-state index contributed by atoms with van der Waals surface area (Å²) < 4.78 is 1.54. The Bertz CT molecular complexity index is 1070. The Morgan fingerprint density at radius 2 is 1.83 bits per heavy atom. The molecule has 3 rings (SSSR count). The molecule has 8 heteroatoms. The SMILES string of the molecule is CNC(=O)c1ccc(CN(C)CC(=O)Nc2c(C#N)cnn2-c2ccccc2)cc1. The lowest BCUT2D eigenvalue weighted by Crippen LogP contribution is -2.30. The number of anilines is 1. The molecule has 0 unspecified atom stereocenters. The maximum Gasteiger partial charge on any atom is 0.251 e. The van der Waals surface area contributed by atoms with Crippen molar-refractivity contribution >= 4 is 17.6 Å². The lowest BCUT2D eigenvalue weighted by molar-refractivity contribution is -0.117. The van der Waals surface area contributed by atoms with E-state index >= 15 is 0 Å². The van der Waals surface area contributed by atoms with E-state index in [1.165, 1.54) is 10.9 Å². The molecule has 0 bridgehead atoms. The van der Waals surface area contributed by atoms with Crippen LogP contribution >= 0.6 is 0 Å². The van der Waals surface area contributed by atoms with Gasteiger partial charge in [0.1, 0.15) is 11.6 Å². The topological polar surface area (TPSA) is 103 Å². The molecule has 0 fully saturated rings. The van der Waals surface area contributed by atoms with Crippen LogP contribution in [0.4, 0.5) is 5.82 Å². The van der Waals surface area contributed by atoms with E-state index in [9.17, 15) is 14.9 Å². The summed E-state index contributed by atoms with van der Waals surface area (Å²) in [6, 6.07) is 18.6. The Kier molecular flexibility index (Phi) is 6.57. The highest BCUT2D eigenvalue weighted by atomic mass is 16.2. The molecule has 0 atom stereocenters. The van der Waals surface area contributed by atoms with Crippen molar-refractivity contribution in [3.05, 3.63) is 77.5 Å². The first-order chi connectivity index (χ1) is 14.5. The molecule has 2 aromatic carbocycles. The molecule has 1 heterocycles. The number of amides is 2. The summed E-state index contributed by atoms with van der Waals surface area (Å²) in [7, 11) is 3.41. The van der Waals surface area contributed by atoms with Crippen molar-refractivity contribution in [1.29, 1.82) is 5.26 Å². The fourth-order valence-electron chi connectivity index (χ4n) is 3.01. The zero-order valence-electron chi connectivity index (χ0n) is 16.8. The summed E-state index contributed by atoms with van der Waals surface area (Å²) in [5, 5.41) is 19.0. The van der Waals surface area contributed by atoms with Crippen LogP contribution in [0.1, 0.15) is 21.5 Å². The van der Waals surface area contributed by atoms with Crippen LogP contribution in [0.2, 0.25) is 0 Å². The van der Waals surface area contributed by atoms with Gasteiger partial charge in [-0.05, 0) is 36.9 Å². The number of rotatable bonds is 7. The highest BCUT2D eigenvalue weighted by Crippen LogP contribution is 2.19. The van der Waals surface area contributed by atoms with Gasteiger partial charge in [-0.3, -0.25) is 14.5 Å². The Labute approximate surface area is 174 Å². The third-order valence-electron chi connectivity index (χ3n) is 4.46. The van der Waals surface area contributed by atoms with Gasteiger partial charge in [-0.25, -0.2) is 4.68 Å². The van der Waals surface area contributed by atoms with Gasteiger partial charge in [0.15, 0.2) is 5.82 Å². The minimum Gasteiger partial charge on any atom is -0.355 e. The minimum atomic E-state index is -0.256. The normalized spacial score (nSPS) is 10.5. The molecular weight excluding hydrogens is 380 g/mol. The van der Waals surface area contributed by atoms with E-state index in [4.69, 9.17) is 0 Å². The number of nitrogens with one attached hydrogen (secondary N) is 2. The first-order valence-corrected chi connectivity index (χ1v) is 9.34. The molecule has 2 amide bonds. The number of hydrogen-bond donors (Lipinski definition) is 2. The zero-order chi connectivity index (χ0) is 21.5. The number of likely N-dealkylation sites (N-methyl/N-ethyl adjacent to an activating group) is 1. The van der Waals surface area contributed by atoms with Crippen LogP contribution in [0.5, 0.6) is 0 Å². The molecule has 1 aromatic heterocycles. The van der Waals surface area contributed by atoms with E-state index in [1.807, 2.05) is 54.4 Å². The molecule has 0 aliphatic heterocycles. The van der Waals surface area contributed by atoms with Gasteiger partial charge in [-0.2, -0.15) is 10.4 Å². The van der Waals surface area contributed by atoms with Gasteiger partial charge in [0.05, 0.1) is 18.4 Å². The summed E-state index contributed by atoms with van der Waals surface area (Å²) in [5.41, 5.74) is 2.60. The van der Waals surface area contributed by atoms with Crippen LogP contribution in [-0.4, -0.2) is 47.1 Å². The number of aromatic nitrogens is 2. The predicted molar refractivity (Wildman–Crippen MR) is 113 cm³/mol. The molecule has 0 spiro atoms. The summed E-state index contributed by atoms with van der Waals surface area (Å²) in [6.07, 6.45) is 1.43. The lowest BCUT2D eigenvalue weighted by atomic mass is 10.1. The van der Waals surface area contributed by atoms with Crippen molar-refractivity contribution < 1.29 is 9.59 Å². The fourth-order valence-corrected chi connectivity index (χ4v) is 3.01. The highest BCUT2D eigenvalue weighted by molar-refractivity contribution is 5.94. The Morgan fingerprint density at radius 3 is 2.47 bits per heavy atom. The van der Waals surface area contributed by atoms with Crippen molar-refractivity contribution in [3.63, 3.8) is 0 Å². The minimum absolute atomic E-state index is 0.127. The van der Waals surface area contributed by atoms with Gasteiger partial charge in [0, 0.05) is 19.2 Å². The van der Waals surface area contributed by atoms with Crippen LogP contribution < -0.4 is 10.6 Å². The molecule has 3 aromatic rings. The maximum atomic E-state index is 12.6. The van der Waals surface area contributed by atoms with Gasteiger partial charge in [-0.15, -0.1) is 0 Å². The molecular formula is C22H22N6O2. The Balaban J connectivity index is 1.65. The molecule has 0 radical (unpaired) electrons. The summed E-state index contributed by atoms with van der Waals surface area (Å²) >= 11 is 0. The predicted octanol–water partition coefficient (Wildman–Crippen LogP) is 2.17. The van der Waals surface area contributed by atoms with Gasteiger partial charge < -0.3 is 10.6 Å². The van der Waals surface area contributed by atoms with Crippen LogP contribution in [0.15, 0.2) is 60.8 Å². The number of nitriles is 1. The van der Waals surface area contributed by atoms with Gasteiger partial charge in [0.2, 0.25) is 5.91 Å². The largest absolute Gasteiger partial charge is 0.355 e. The van der Waals surface area contributed by atoms with E-state index in [-0.39, 0.29) is 18.4 Å². The van der Waals surface area contributed by atoms with Crippen molar-refractivity contribution in [3.8, 4) is 11.8 Å². The van der Waals surface area contributed by atoms with Crippen LogP contribution in [0.3, 0.4) is 0 Å².